The van der Waals surface area contributed by atoms with Crippen molar-refractivity contribution in [3.63, 3.8) is 0 Å². The van der Waals surface area contributed by atoms with Crippen LogP contribution in [0.3, 0.4) is 0 Å². The fourth-order valence-electron chi connectivity index (χ4n) is 3.04. The molecule has 2 N–H and O–H groups in total. The molecule has 1 atom stereocenters. The summed E-state index contributed by atoms with van der Waals surface area (Å²) in [5.41, 5.74) is 3.79. The number of hydrogen-bond donors (Lipinski definition) is 2. The molecule has 0 saturated heterocycles. The lowest BCUT2D eigenvalue weighted by molar-refractivity contribution is 0.0989. The van der Waals surface area contributed by atoms with Gasteiger partial charge < -0.3 is 15.5 Å². The largest absolute Gasteiger partial charge is 0.336 e. The Kier molecular flexibility index (Phi) is 5.56. The third kappa shape index (κ3) is 4.04. The molecular weight excluding hydrogens is 326 g/mol. The van der Waals surface area contributed by atoms with Gasteiger partial charge >= 0.3 is 6.03 Å². The van der Waals surface area contributed by atoms with E-state index in [0.29, 0.717) is 18.7 Å². The van der Waals surface area contributed by atoms with E-state index in [1.807, 2.05) is 61.2 Å². The summed E-state index contributed by atoms with van der Waals surface area (Å²) in [5.74, 6) is 0.0176. The summed E-state index contributed by atoms with van der Waals surface area (Å²) >= 11 is 0. The van der Waals surface area contributed by atoms with Crippen LogP contribution in [0.5, 0.6) is 0 Å². The summed E-state index contributed by atoms with van der Waals surface area (Å²) in [4.78, 5) is 26.5. The van der Waals surface area contributed by atoms with E-state index in [2.05, 4.69) is 16.7 Å². The Morgan fingerprint density at radius 1 is 1.15 bits per heavy atom. The molecule has 1 heterocycles. The van der Waals surface area contributed by atoms with Crippen molar-refractivity contribution < 1.29 is 9.59 Å². The number of nitrogens with one attached hydrogen (secondary N) is 2. The first kappa shape index (κ1) is 18.0. The van der Waals surface area contributed by atoms with Crippen molar-refractivity contribution in [1.29, 1.82) is 0 Å². The quantitative estimate of drug-likeness (QED) is 0.866. The molecule has 3 amide bonds. The zero-order chi connectivity index (χ0) is 18.5. The van der Waals surface area contributed by atoms with E-state index in [4.69, 9.17) is 0 Å². The Hall–Kier alpha value is -2.82. The van der Waals surface area contributed by atoms with Gasteiger partial charge in [0.25, 0.3) is 5.91 Å². The van der Waals surface area contributed by atoms with E-state index < -0.39 is 0 Å². The molecule has 2 aromatic rings. The Balaban J connectivity index is 1.69. The number of hydrogen-bond acceptors (Lipinski definition) is 2. The standard InChI is InChI=1S/C21H25N3O2/c1-3-15(2)23-21(26)22-14-16-9-10-17-11-12-24(19(17)13-16)20(25)18-7-5-4-6-8-18/h4-10,13,15H,3,11-12,14H2,1-2H3,(H2,22,23,26). The zero-order valence-corrected chi connectivity index (χ0v) is 15.3. The lowest BCUT2D eigenvalue weighted by Crippen LogP contribution is -2.40. The molecule has 0 radical (unpaired) electrons. The molecule has 3 rings (SSSR count). The lowest BCUT2D eigenvalue weighted by Gasteiger charge is -2.18. The molecule has 5 heteroatoms. The smallest absolute Gasteiger partial charge is 0.315 e. The lowest BCUT2D eigenvalue weighted by atomic mass is 10.1. The first-order valence-corrected chi connectivity index (χ1v) is 9.11. The van der Waals surface area contributed by atoms with Gasteiger partial charge in [-0.25, -0.2) is 4.79 Å². The van der Waals surface area contributed by atoms with Gasteiger partial charge in [0.05, 0.1) is 0 Å². The van der Waals surface area contributed by atoms with Crippen LogP contribution in [-0.4, -0.2) is 24.5 Å². The SMILES string of the molecule is CCC(C)NC(=O)NCc1ccc2c(c1)N(C(=O)c1ccccc1)CC2. The van der Waals surface area contributed by atoms with Crippen molar-refractivity contribution in [3.8, 4) is 0 Å². The second-order valence-corrected chi connectivity index (χ2v) is 6.67. The zero-order valence-electron chi connectivity index (χ0n) is 15.3. The number of fused-ring (bicyclic) bond motifs is 1. The van der Waals surface area contributed by atoms with Crippen LogP contribution >= 0.6 is 0 Å². The minimum atomic E-state index is -0.169. The van der Waals surface area contributed by atoms with Gasteiger partial charge in [0, 0.05) is 30.4 Å². The van der Waals surface area contributed by atoms with Crippen LogP contribution in [0, 0.1) is 0 Å². The van der Waals surface area contributed by atoms with Gasteiger partial charge in [0.1, 0.15) is 0 Å². The molecule has 2 aromatic carbocycles. The molecule has 1 aliphatic rings. The van der Waals surface area contributed by atoms with E-state index in [9.17, 15) is 9.59 Å². The van der Waals surface area contributed by atoms with Gasteiger partial charge in [-0.1, -0.05) is 37.3 Å². The third-order valence-electron chi connectivity index (χ3n) is 4.75. The molecule has 0 aromatic heterocycles. The summed E-state index contributed by atoms with van der Waals surface area (Å²) in [6.07, 6.45) is 1.75. The normalized spacial score (nSPS) is 13.8. The summed E-state index contributed by atoms with van der Waals surface area (Å²) in [7, 11) is 0. The highest BCUT2D eigenvalue weighted by Gasteiger charge is 2.25. The molecule has 26 heavy (non-hydrogen) atoms. The predicted octanol–water partition coefficient (Wildman–Crippen LogP) is 3.49. The number of rotatable bonds is 5. The molecule has 1 unspecified atom stereocenters. The second-order valence-electron chi connectivity index (χ2n) is 6.67. The van der Waals surface area contributed by atoms with Crippen LogP contribution in [0.2, 0.25) is 0 Å². The minimum Gasteiger partial charge on any atom is -0.336 e. The summed E-state index contributed by atoms with van der Waals surface area (Å²) in [6.45, 7) is 5.13. The van der Waals surface area contributed by atoms with Crippen LogP contribution in [0.25, 0.3) is 0 Å². The molecule has 0 spiro atoms. The number of carbonyl (C=O) groups is 2. The Morgan fingerprint density at radius 3 is 2.65 bits per heavy atom. The summed E-state index contributed by atoms with van der Waals surface area (Å²) < 4.78 is 0. The van der Waals surface area contributed by atoms with E-state index in [1.54, 1.807) is 0 Å². The summed E-state index contributed by atoms with van der Waals surface area (Å²) in [5, 5.41) is 5.76. The molecule has 0 aliphatic carbocycles. The van der Waals surface area contributed by atoms with Crippen molar-refractivity contribution in [3.05, 3.63) is 65.2 Å². The van der Waals surface area contributed by atoms with Gasteiger partial charge in [-0.15, -0.1) is 0 Å². The highest BCUT2D eigenvalue weighted by molar-refractivity contribution is 6.07. The molecule has 0 fully saturated rings. The minimum absolute atomic E-state index is 0.0176. The van der Waals surface area contributed by atoms with Crippen LogP contribution in [0.1, 0.15) is 41.8 Å². The highest BCUT2D eigenvalue weighted by Crippen LogP contribution is 2.30. The van der Waals surface area contributed by atoms with E-state index in [-0.39, 0.29) is 18.0 Å². The molecule has 0 bridgehead atoms. The van der Waals surface area contributed by atoms with Crippen molar-refractivity contribution in [2.75, 3.05) is 11.4 Å². The average molecular weight is 351 g/mol. The van der Waals surface area contributed by atoms with E-state index in [0.717, 1.165) is 24.1 Å². The number of urea groups is 1. The number of anilines is 1. The number of nitrogens with zero attached hydrogens (tertiary/aromatic N) is 1. The maximum absolute atomic E-state index is 12.8. The van der Waals surface area contributed by atoms with Gasteiger partial charge in [-0.05, 0) is 49.1 Å². The average Bonchev–Trinajstić information content (AvgIpc) is 3.09. The van der Waals surface area contributed by atoms with Crippen LogP contribution < -0.4 is 15.5 Å². The highest BCUT2D eigenvalue weighted by atomic mass is 16.2. The van der Waals surface area contributed by atoms with Gasteiger partial charge in [-0.2, -0.15) is 0 Å². The van der Waals surface area contributed by atoms with Crippen molar-refractivity contribution in [2.24, 2.45) is 0 Å². The maximum atomic E-state index is 12.8. The molecule has 1 aliphatic heterocycles. The number of benzene rings is 2. The first-order chi connectivity index (χ1) is 12.6. The Bertz CT molecular complexity index is 789. The van der Waals surface area contributed by atoms with Gasteiger partial charge in [0.2, 0.25) is 0 Å². The molecule has 0 saturated carbocycles. The van der Waals surface area contributed by atoms with E-state index >= 15 is 0 Å². The van der Waals surface area contributed by atoms with Crippen LogP contribution in [0.4, 0.5) is 10.5 Å². The maximum Gasteiger partial charge on any atom is 0.315 e. The van der Waals surface area contributed by atoms with Crippen molar-refractivity contribution in [2.45, 2.75) is 39.3 Å². The Labute approximate surface area is 154 Å². The molecule has 136 valence electrons. The number of amides is 3. The number of carbonyl (C=O) groups excluding carboxylic acids is 2. The van der Waals surface area contributed by atoms with Crippen molar-refractivity contribution >= 4 is 17.6 Å². The predicted molar refractivity (Wildman–Crippen MR) is 103 cm³/mol. The Morgan fingerprint density at radius 2 is 1.92 bits per heavy atom. The molecular formula is C21H25N3O2. The van der Waals surface area contributed by atoms with Crippen LogP contribution in [-0.2, 0) is 13.0 Å². The van der Waals surface area contributed by atoms with Gasteiger partial charge in [-0.3, -0.25) is 4.79 Å². The van der Waals surface area contributed by atoms with Gasteiger partial charge in [0.15, 0.2) is 0 Å². The first-order valence-electron chi connectivity index (χ1n) is 9.11. The second kappa shape index (κ2) is 8.04. The monoisotopic (exact) mass is 351 g/mol. The van der Waals surface area contributed by atoms with Crippen molar-refractivity contribution in [1.82, 2.24) is 10.6 Å². The summed E-state index contributed by atoms with van der Waals surface area (Å²) in [6, 6.07) is 15.4. The third-order valence-corrected chi connectivity index (χ3v) is 4.75. The fraction of sp³-hybridized carbons (Fsp3) is 0.333. The fourth-order valence-corrected chi connectivity index (χ4v) is 3.04. The topological polar surface area (TPSA) is 61.4 Å². The molecule has 5 nitrogen and oxygen atoms in total. The van der Waals surface area contributed by atoms with Crippen LogP contribution in [0.15, 0.2) is 48.5 Å². The van der Waals surface area contributed by atoms with E-state index in [1.165, 1.54) is 5.56 Å².